The van der Waals surface area contributed by atoms with Gasteiger partial charge in [-0.05, 0) is 50.5 Å². The average molecular weight is 551 g/mol. The number of pyridine rings is 1. The number of furan rings is 1. The molecule has 0 unspecified atom stereocenters. The molecule has 43 heavy (non-hydrogen) atoms. The van der Waals surface area contributed by atoms with Crippen molar-refractivity contribution in [2.45, 2.75) is 0 Å². The van der Waals surface area contributed by atoms with Gasteiger partial charge in [-0.3, -0.25) is 4.98 Å². The van der Waals surface area contributed by atoms with Crippen LogP contribution >= 0.6 is 0 Å². The summed E-state index contributed by atoms with van der Waals surface area (Å²) < 4.78 is 6.16. The summed E-state index contributed by atoms with van der Waals surface area (Å²) in [6, 6.07) is 41.8. The van der Waals surface area contributed by atoms with Crippen molar-refractivity contribution >= 4 is 54.3 Å². The van der Waals surface area contributed by atoms with Crippen molar-refractivity contribution < 1.29 is 4.42 Å². The molecule has 0 spiro atoms. The van der Waals surface area contributed by atoms with Gasteiger partial charge in [-0.1, -0.05) is 103 Å². The monoisotopic (exact) mass is 550 g/mol. The van der Waals surface area contributed by atoms with Crippen LogP contribution in [0.4, 0.5) is 0 Å². The summed E-state index contributed by atoms with van der Waals surface area (Å²) in [7, 11) is 0. The number of nitrogens with zero attached hydrogens (tertiary/aromatic N) is 4. The van der Waals surface area contributed by atoms with Crippen molar-refractivity contribution in [1.29, 1.82) is 0 Å². The largest absolute Gasteiger partial charge is 0.454 e. The zero-order valence-corrected chi connectivity index (χ0v) is 22.9. The van der Waals surface area contributed by atoms with Crippen LogP contribution in [-0.4, -0.2) is 19.9 Å². The highest BCUT2D eigenvalue weighted by molar-refractivity contribution is 6.20. The molecule has 0 saturated heterocycles. The maximum Gasteiger partial charge on any atom is 0.164 e. The third-order valence-corrected chi connectivity index (χ3v) is 8.22. The molecule has 9 rings (SSSR count). The Labute approximate surface area is 246 Å². The minimum Gasteiger partial charge on any atom is -0.454 e. The molecule has 3 aromatic heterocycles. The predicted octanol–water partition coefficient (Wildman–Crippen LogP) is 9.63. The molecule has 5 heteroatoms. The Morgan fingerprint density at radius 3 is 2.05 bits per heavy atom. The second-order valence-electron chi connectivity index (χ2n) is 10.7. The fourth-order valence-electron chi connectivity index (χ4n) is 6.25. The van der Waals surface area contributed by atoms with Gasteiger partial charge < -0.3 is 4.42 Å². The molecule has 0 atom stereocenters. The number of hydrogen-bond acceptors (Lipinski definition) is 5. The van der Waals surface area contributed by atoms with Crippen molar-refractivity contribution in [2.75, 3.05) is 0 Å². The number of benzene rings is 6. The van der Waals surface area contributed by atoms with E-state index < -0.39 is 0 Å². The highest BCUT2D eigenvalue weighted by Gasteiger charge is 2.19. The van der Waals surface area contributed by atoms with Gasteiger partial charge in [0.05, 0.1) is 6.20 Å². The second kappa shape index (κ2) is 9.29. The summed E-state index contributed by atoms with van der Waals surface area (Å²) in [6.07, 6.45) is 3.53. The first-order chi connectivity index (χ1) is 21.3. The quantitative estimate of drug-likeness (QED) is 0.205. The first-order valence-corrected chi connectivity index (χ1v) is 14.2. The summed E-state index contributed by atoms with van der Waals surface area (Å²) in [4.78, 5) is 19.6. The molecule has 0 N–H and O–H groups in total. The van der Waals surface area contributed by atoms with Crippen LogP contribution < -0.4 is 0 Å². The molecule has 6 aromatic carbocycles. The number of fused-ring (bicyclic) bond motifs is 8. The van der Waals surface area contributed by atoms with E-state index in [0.717, 1.165) is 44.0 Å². The second-order valence-corrected chi connectivity index (χ2v) is 10.7. The van der Waals surface area contributed by atoms with Crippen LogP contribution in [0.15, 0.2) is 138 Å². The van der Waals surface area contributed by atoms with Crippen LogP contribution in [0.3, 0.4) is 0 Å². The minimum absolute atomic E-state index is 0.594. The Morgan fingerprint density at radius 2 is 1.16 bits per heavy atom. The van der Waals surface area contributed by atoms with Crippen molar-refractivity contribution in [1.82, 2.24) is 19.9 Å². The molecular formula is C38H22N4O. The van der Waals surface area contributed by atoms with Crippen molar-refractivity contribution in [3.63, 3.8) is 0 Å². The van der Waals surface area contributed by atoms with Crippen LogP contribution in [0.1, 0.15) is 0 Å². The lowest BCUT2D eigenvalue weighted by Gasteiger charge is -2.14. The number of hydrogen-bond donors (Lipinski definition) is 0. The van der Waals surface area contributed by atoms with E-state index in [1.54, 1.807) is 12.4 Å². The van der Waals surface area contributed by atoms with E-state index in [4.69, 9.17) is 19.4 Å². The van der Waals surface area contributed by atoms with Gasteiger partial charge in [-0.2, -0.15) is 0 Å². The summed E-state index contributed by atoms with van der Waals surface area (Å²) in [5, 5.41) is 8.98. The molecule has 200 valence electrons. The molecule has 0 aliphatic rings. The molecule has 9 aromatic rings. The molecular weight excluding hydrogens is 528 g/mol. The highest BCUT2D eigenvalue weighted by Crippen LogP contribution is 2.39. The van der Waals surface area contributed by atoms with E-state index in [2.05, 4.69) is 77.8 Å². The Morgan fingerprint density at radius 1 is 0.442 bits per heavy atom. The van der Waals surface area contributed by atoms with Gasteiger partial charge in [0, 0.05) is 33.7 Å². The number of aromatic nitrogens is 4. The van der Waals surface area contributed by atoms with Crippen LogP contribution in [-0.2, 0) is 0 Å². The Bertz CT molecular complexity index is 2520. The van der Waals surface area contributed by atoms with Crippen LogP contribution in [0.2, 0.25) is 0 Å². The van der Waals surface area contributed by atoms with E-state index in [0.29, 0.717) is 17.5 Å². The van der Waals surface area contributed by atoms with E-state index in [9.17, 15) is 0 Å². The highest BCUT2D eigenvalue weighted by atomic mass is 16.3. The van der Waals surface area contributed by atoms with Gasteiger partial charge in [0.2, 0.25) is 0 Å². The molecule has 0 aliphatic heterocycles. The molecule has 5 nitrogen and oxygen atoms in total. The fourth-order valence-corrected chi connectivity index (χ4v) is 6.25. The SMILES string of the molecule is c1ccc(-c2nc(-c3cc4c5ccccc5ccc4c4ccccc34)nc(-c3cccc4oc5cnccc5c34)n2)cc1. The Kier molecular flexibility index (Phi) is 5.13. The zero-order valence-electron chi connectivity index (χ0n) is 22.9. The van der Waals surface area contributed by atoms with Gasteiger partial charge in [0.25, 0.3) is 0 Å². The molecule has 3 heterocycles. The maximum absolute atomic E-state index is 6.16. The molecule has 0 radical (unpaired) electrons. The topological polar surface area (TPSA) is 64.7 Å². The standard InChI is InChI=1S/C38H22N4O/c1-2-10-24(11-3-1)36-40-37(30-15-8-16-33-35(30)29-19-20-39-22-34(29)43-33)42-38(41-36)32-21-31-25-12-5-4-9-23(25)17-18-28(31)26-13-6-7-14-27(26)32/h1-22H. The lowest BCUT2D eigenvalue weighted by atomic mass is 9.93. The molecule has 0 fully saturated rings. The van der Waals surface area contributed by atoms with E-state index >= 15 is 0 Å². The number of rotatable bonds is 3. The molecule has 0 amide bonds. The Hall–Kier alpha value is -5.94. The third-order valence-electron chi connectivity index (χ3n) is 8.22. The first-order valence-electron chi connectivity index (χ1n) is 14.2. The third kappa shape index (κ3) is 3.72. The summed E-state index contributed by atoms with van der Waals surface area (Å²) in [6.45, 7) is 0. The summed E-state index contributed by atoms with van der Waals surface area (Å²) in [5.41, 5.74) is 4.28. The Balaban J connectivity index is 1.39. The van der Waals surface area contributed by atoms with Crippen LogP contribution in [0, 0.1) is 0 Å². The average Bonchev–Trinajstić information content (AvgIpc) is 3.47. The zero-order chi connectivity index (χ0) is 28.3. The van der Waals surface area contributed by atoms with Crippen molar-refractivity contribution in [3.8, 4) is 34.2 Å². The van der Waals surface area contributed by atoms with Gasteiger partial charge in [0.1, 0.15) is 5.58 Å². The summed E-state index contributed by atoms with van der Waals surface area (Å²) >= 11 is 0. The molecule has 0 bridgehead atoms. The van der Waals surface area contributed by atoms with Gasteiger partial charge in [-0.25, -0.2) is 15.0 Å². The van der Waals surface area contributed by atoms with E-state index in [1.807, 2.05) is 48.5 Å². The lowest BCUT2D eigenvalue weighted by molar-refractivity contribution is 0.667. The van der Waals surface area contributed by atoms with Crippen molar-refractivity contribution in [3.05, 3.63) is 134 Å². The van der Waals surface area contributed by atoms with E-state index in [-0.39, 0.29) is 0 Å². The van der Waals surface area contributed by atoms with Gasteiger partial charge >= 0.3 is 0 Å². The van der Waals surface area contributed by atoms with Gasteiger partial charge in [0.15, 0.2) is 23.1 Å². The smallest absolute Gasteiger partial charge is 0.164 e. The molecule has 0 aliphatic carbocycles. The van der Waals surface area contributed by atoms with E-state index in [1.165, 1.54) is 26.9 Å². The van der Waals surface area contributed by atoms with Crippen LogP contribution in [0.5, 0.6) is 0 Å². The maximum atomic E-state index is 6.16. The molecule has 0 saturated carbocycles. The fraction of sp³-hybridized carbons (Fsp3) is 0. The first kappa shape index (κ1) is 23.7. The minimum atomic E-state index is 0.594. The lowest BCUT2D eigenvalue weighted by Crippen LogP contribution is -2.01. The van der Waals surface area contributed by atoms with Gasteiger partial charge in [-0.15, -0.1) is 0 Å². The predicted molar refractivity (Wildman–Crippen MR) is 174 cm³/mol. The normalized spacial score (nSPS) is 11.7. The van der Waals surface area contributed by atoms with Crippen molar-refractivity contribution in [2.24, 2.45) is 0 Å². The van der Waals surface area contributed by atoms with Crippen LogP contribution in [0.25, 0.3) is 88.4 Å². The summed E-state index contributed by atoms with van der Waals surface area (Å²) in [5.74, 6) is 1.84.